The van der Waals surface area contributed by atoms with Crippen LogP contribution in [0.5, 0.6) is 0 Å². The highest BCUT2D eigenvalue weighted by Crippen LogP contribution is 2.26. The number of carboxylic acid groups (broad SMARTS) is 3. The third-order valence-electron chi connectivity index (χ3n) is 11.9. The Labute approximate surface area is 601 Å². The van der Waals surface area contributed by atoms with E-state index in [1.54, 1.807) is 86.6 Å². The molecule has 13 N–H and O–H groups in total. The van der Waals surface area contributed by atoms with Gasteiger partial charge in [0.25, 0.3) is 23.0 Å². The lowest BCUT2D eigenvalue weighted by Gasteiger charge is -2.15. The average molecular weight is 1640 g/mol. The van der Waals surface area contributed by atoms with E-state index in [4.69, 9.17) is 53.5 Å². The molecule has 0 atom stereocenters. The Kier molecular flexibility index (Phi) is 38.2. The maximum atomic E-state index is 11.6. The van der Waals surface area contributed by atoms with Gasteiger partial charge in [0.1, 0.15) is 0 Å². The second-order valence-corrected chi connectivity index (χ2v) is 23.3. The Bertz CT molecular complexity index is 4350. The first-order chi connectivity index (χ1) is 45.8. The SMILES string of the molecule is CC(C)(C#N)c1ccc(N)cc1.CC(C)(C#N)c1ccc([N+](=O)[O-])cc1.Cl.N#CCc1ccc([N+](=O)[O-])cc1.Nc1ccc(Br)cc1C(=O)O.Nc1ccc(Br)cc1C(=O)O.O=C(O)c1cc(Br)ccc1N/C=C/[N+](=O)[O-].O=[N+]([O-])/C=C/NO.O=c1c([N+](=O)[O-])c[nH]c2ccc(Br)cc12. The zero-order chi connectivity index (χ0) is 74.6. The predicted molar refractivity (Wildman–Crippen MR) is 383 cm³/mol. The first-order valence-corrected chi connectivity index (χ1v) is 29.9. The van der Waals surface area contributed by atoms with Crippen LogP contribution in [0.25, 0.3) is 10.9 Å². The molecule has 0 radical (unpaired) electrons. The van der Waals surface area contributed by atoms with Crippen LogP contribution in [0.2, 0.25) is 0 Å². The standard InChI is InChI=1S/C10H10N2O2.C10H12N2.C9H7BrN2O4.C9H5BrN2O3.C8H6N2O2.2C7H6BrNO2.C2H4N2O3.ClH/c1-10(2,7-11)8-3-5-9(6-4-8)12(13)14;1-10(2,7-11)8-3-5-9(12)6-4-8;10-6-1-2-8(7(5-6)9(13)14)11-3-4-12(15)16;10-5-1-2-7-6(3-5)9(13)8(4-11-7)12(14)15;9-6-5-7-1-3-8(4-2-7)10(11)12;2*8-4-1-2-6(9)5(3-4)7(10)11;5-3-1-2-4(6)7;/h3-6H,1-2H3;3-6H,12H2,1-2H3;1-5,11H,(H,13,14);1-4H,(H,11,13);1-4H,5H2;2*1-3H,9H2,(H,10,11);1-3,5H;1H/b;;4-3+;;;;;2-1+;. The lowest BCUT2D eigenvalue weighted by atomic mass is 9.86. The van der Waals surface area contributed by atoms with Crippen LogP contribution in [-0.4, -0.2) is 68.0 Å². The number of aromatic amines is 1. The predicted octanol–water partition coefficient (Wildman–Crippen LogP) is 14.2. The van der Waals surface area contributed by atoms with Gasteiger partial charge in [0.05, 0.1) is 106 Å². The van der Waals surface area contributed by atoms with Crippen LogP contribution < -0.4 is 33.4 Å². The minimum atomic E-state index is -1.11. The molecule has 7 aromatic carbocycles. The summed E-state index contributed by atoms with van der Waals surface area (Å²) in [5.74, 6) is -3.13. The van der Waals surface area contributed by atoms with Gasteiger partial charge in [-0.25, -0.2) is 14.4 Å². The molecule has 1 heterocycles. The second-order valence-electron chi connectivity index (χ2n) is 19.7. The number of carbonyl (C=O) groups is 3. The van der Waals surface area contributed by atoms with E-state index in [0.717, 1.165) is 41.0 Å². The van der Waals surface area contributed by atoms with E-state index in [-0.39, 0.29) is 64.0 Å². The molecule has 1 aromatic heterocycles. The number of nitrogen functional groups attached to an aromatic ring is 3. The molecule has 0 fully saturated rings. The number of H-pyrrole nitrogens is 1. The first-order valence-electron chi connectivity index (χ1n) is 26.7. The number of pyridine rings is 1. The molecule has 0 saturated heterocycles. The minimum Gasteiger partial charge on any atom is -0.478 e. The number of non-ortho nitro benzene ring substituents is 2. The van der Waals surface area contributed by atoms with Gasteiger partial charge in [-0.2, -0.15) is 15.8 Å². The number of rotatable bonds is 14. The maximum absolute atomic E-state index is 11.6. The van der Waals surface area contributed by atoms with Gasteiger partial charge >= 0.3 is 23.6 Å². The summed E-state index contributed by atoms with van der Waals surface area (Å²) >= 11 is 12.6. The molecule has 8 rings (SSSR count). The maximum Gasteiger partial charge on any atom is 0.337 e. The van der Waals surface area contributed by atoms with E-state index < -0.39 is 64.5 Å². The number of nitro groups is 5. The zero-order valence-electron chi connectivity index (χ0n) is 51.7. The average Bonchev–Trinajstić information content (AvgIpc) is 0.804. The van der Waals surface area contributed by atoms with E-state index in [9.17, 15) is 69.7 Å². The lowest BCUT2D eigenvalue weighted by Crippen LogP contribution is -2.13. The molecule has 0 aliphatic carbocycles. The summed E-state index contributed by atoms with van der Waals surface area (Å²) in [5.41, 5.74) is 20.8. The van der Waals surface area contributed by atoms with Gasteiger partial charge in [-0.1, -0.05) is 100 Å². The smallest absolute Gasteiger partial charge is 0.337 e. The fraction of sp³-hybridized carbons (Fsp3) is 0.113. The quantitative estimate of drug-likeness (QED) is 0.0275. The molecule has 0 aliphatic rings. The lowest BCUT2D eigenvalue weighted by molar-refractivity contribution is -0.403. The van der Waals surface area contributed by atoms with Crippen LogP contribution in [0.3, 0.4) is 0 Å². The van der Waals surface area contributed by atoms with Crippen molar-refractivity contribution in [3.63, 3.8) is 0 Å². The number of nitrogens with one attached hydrogen (secondary N) is 3. The molecule has 99 heavy (non-hydrogen) atoms. The van der Waals surface area contributed by atoms with Crippen LogP contribution in [0.1, 0.15) is 75.5 Å². The number of fused-ring (bicyclic) bond motifs is 1. The Morgan fingerprint density at radius 3 is 1.30 bits per heavy atom. The van der Waals surface area contributed by atoms with Crippen LogP contribution in [0, 0.1) is 84.6 Å². The molecule has 0 spiro atoms. The van der Waals surface area contributed by atoms with E-state index in [1.165, 1.54) is 54.0 Å². The van der Waals surface area contributed by atoms with Crippen molar-refractivity contribution in [1.29, 1.82) is 15.8 Å². The number of nitrogens with zero attached hydrogens (tertiary/aromatic N) is 8. The van der Waals surface area contributed by atoms with Crippen molar-refractivity contribution in [2.45, 2.75) is 44.9 Å². The number of nitro benzene ring substituents is 2. The van der Waals surface area contributed by atoms with E-state index in [0.29, 0.717) is 41.2 Å². The van der Waals surface area contributed by atoms with Crippen molar-refractivity contribution < 1.29 is 59.5 Å². The van der Waals surface area contributed by atoms with Crippen molar-refractivity contribution in [3.05, 3.63) is 289 Å². The molecular formula is C62H57Br4ClN14O18. The normalized spacial score (nSPS) is 9.92. The fourth-order valence-corrected chi connectivity index (χ4v) is 8.14. The summed E-state index contributed by atoms with van der Waals surface area (Å²) in [6.45, 7) is 7.32. The highest BCUT2D eigenvalue weighted by atomic mass is 79.9. The Balaban J connectivity index is 0.00000112. The number of hydrogen-bond acceptors (Lipinski definition) is 23. The Morgan fingerprint density at radius 1 is 0.556 bits per heavy atom. The molecule has 0 unspecified atom stereocenters. The van der Waals surface area contributed by atoms with Gasteiger partial charge < -0.3 is 42.8 Å². The van der Waals surface area contributed by atoms with Crippen molar-refractivity contribution in [3.8, 4) is 18.2 Å². The molecule has 0 saturated carbocycles. The molecule has 0 amide bonds. The van der Waals surface area contributed by atoms with Crippen molar-refractivity contribution >= 4 is 145 Å². The molecule has 518 valence electrons. The zero-order valence-corrected chi connectivity index (χ0v) is 58.8. The van der Waals surface area contributed by atoms with Crippen molar-refractivity contribution in [2.75, 3.05) is 22.5 Å². The molecule has 32 nitrogen and oxygen atoms in total. The van der Waals surface area contributed by atoms with Crippen molar-refractivity contribution in [2.24, 2.45) is 0 Å². The van der Waals surface area contributed by atoms with Crippen LogP contribution in [-0.2, 0) is 17.3 Å². The summed E-state index contributed by atoms with van der Waals surface area (Å²) < 4.78 is 2.75. The fourth-order valence-electron chi connectivity index (χ4n) is 6.70. The largest absolute Gasteiger partial charge is 0.478 e. The van der Waals surface area contributed by atoms with Crippen LogP contribution >= 0.6 is 76.1 Å². The molecular weight excluding hydrogens is 1580 g/mol. The number of hydrogen-bond donors (Lipinski definition) is 10. The number of nitrogens with two attached hydrogens (primary N) is 3. The van der Waals surface area contributed by atoms with Crippen LogP contribution in [0.4, 0.5) is 39.8 Å². The number of carboxylic acids is 3. The van der Waals surface area contributed by atoms with Crippen LogP contribution in [0.15, 0.2) is 199 Å². The monoisotopic (exact) mass is 1640 g/mol. The number of anilines is 4. The van der Waals surface area contributed by atoms with Gasteiger partial charge in [0, 0.05) is 64.7 Å². The number of hydroxylamine groups is 1. The molecule has 8 aromatic rings. The number of benzene rings is 7. The number of aromatic carboxylic acids is 3. The summed E-state index contributed by atoms with van der Waals surface area (Å²) in [4.78, 5) is 93.6. The number of halogens is 5. The summed E-state index contributed by atoms with van der Waals surface area (Å²) in [5, 5.41) is 113. The summed E-state index contributed by atoms with van der Waals surface area (Å²) in [6, 6.07) is 44.7. The van der Waals surface area contributed by atoms with Crippen molar-refractivity contribution in [1.82, 2.24) is 10.5 Å². The molecule has 0 bridgehead atoms. The van der Waals surface area contributed by atoms with E-state index >= 15 is 0 Å². The third kappa shape index (κ3) is 32.1. The number of nitriles is 3. The summed E-state index contributed by atoms with van der Waals surface area (Å²) in [6.07, 6.45) is 4.54. The molecule has 0 aliphatic heterocycles. The summed E-state index contributed by atoms with van der Waals surface area (Å²) in [7, 11) is 0. The second kappa shape index (κ2) is 43.4. The van der Waals surface area contributed by atoms with Gasteiger partial charge in [-0.05, 0) is 129 Å². The van der Waals surface area contributed by atoms with Gasteiger partial charge in [0.15, 0.2) is 0 Å². The Hall–Kier alpha value is -11.7. The first kappa shape index (κ1) is 87.3. The Morgan fingerprint density at radius 2 is 0.939 bits per heavy atom. The minimum absolute atomic E-state index is 0. The van der Waals surface area contributed by atoms with E-state index in [1.807, 2.05) is 44.2 Å². The molecule has 37 heteroatoms. The highest BCUT2D eigenvalue weighted by molar-refractivity contribution is 9.11. The third-order valence-corrected chi connectivity index (χ3v) is 13.8. The van der Waals surface area contributed by atoms with E-state index in [2.05, 4.69) is 86.2 Å². The van der Waals surface area contributed by atoms with Gasteiger partial charge in [-0.3, -0.25) is 66.1 Å². The number of aromatic nitrogens is 1. The highest BCUT2D eigenvalue weighted by Gasteiger charge is 2.21. The topological polar surface area (TPSA) is 554 Å². The van der Waals surface area contributed by atoms with Gasteiger partial charge in [0.2, 0.25) is 6.20 Å². The van der Waals surface area contributed by atoms with Gasteiger partial charge in [-0.15, -0.1) is 12.4 Å².